The molecule has 2 saturated heterocycles. The van der Waals surface area contributed by atoms with Crippen LogP contribution in [0.5, 0.6) is 5.75 Å². The Hall–Kier alpha value is -3.17. The van der Waals surface area contributed by atoms with Crippen LogP contribution < -0.4 is 9.64 Å². The summed E-state index contributed by atoms with van der Waals surface area (Å²) in [6, 6.07) is 5.44. The smallest absolute Gasteiger partial charge is 0.313 e. The molecule has 38 heavy (non-hydrogen) atoms. The number of amides is 2. The number of aliphatic hydroxyl groups is 1. The summed E-state index contributed by atoms with van der Waals surface area (Å²) in [5, 5.41) is 10.4. The Kier molecular flexibility index (Phi) is 6.86. The number of hydrogen-bond acceptors (Lipinski definition) is 7. The summed E-state index contributed by atoms with van der Waals surface area (Å²) in [5.41, 5.74) is -1.84. The van der Waals surface area contributed by atoms with Gasteiger partial charge < -0.3 is 29.1 Å². The minimum Gasteiger partial charge on any atom is -0.497 e. The lowest BCUT2D eigenvalue weighted by Gasteiger charge is -2.42. The van der Waals surface area contributed by atoms with Crippen LogP contribution in [0.3, 0.4) is 0 Å². The number of benzene rings is 1. The molecule has 0 radical (unpaired) electrons. The van der Waals surface area contributed by atoms with E-state index in [2.05, 4.69) is 0 Å². The number of rotatable bonds is 6. The van der Waals surface area contributed by atoms with Crippen molar-refractivity contribution in [1.82, 2.24) is 4.90 Å². The zero-order valence-corrected chi connectivity index (χ0v) is 22.3. The van der Waals surface area contributed by atoms with Gasteiger partial charge in [0.1, 0.15) is 28.9 Å². The number of carbonyl (C=O) groups is 3. The second kappa shape index (κ2) is 9.85. The van der Waals surface area contributed by atoms with Gasteiger partial charge in [-0.05, 0) is 43.0 Å². The standard InChI is InChI=1S/C29H36N2O7/c1-5-28-13-6-7-16-37-27(35)23(28)22-25(33)31(21(17-32)18(2)3)24-26(34)30(15-8-14-29(22,24)38-28)19-9-11-20(36-4)12-10-19/h6,8-14,18,21-24,32H,5,7,15-17H2,1-4H3/t21-,22-,23+,24?,28-,29-/m0/s1. The van der Waals surface area contributed by atoms with Gasteiger partial charge in [-0.2, -0.15) is 0 Å². The molecule has 0 aliphatic carbocycles. The maximum atomic E-state index is 14.5. The molecule has 1 spiro atoms. The minimum absolute atomic E-state index is 0.144. The Morgan fingerprint density at radius 2 is 1.82 bits per heavy atom. The first-order valence-corrected chi connectivity index (χ1v) is 13.3. The molecule has 204 valence electrons. The molecule has 6 atom stereocenters. The number of fused-ring (bicyclic) bond motifs is 2. The van der Waals surface area contributed by atoms with Gasteiger partial charge in [0.25, 0.3) is 5.91 Å². The molecule has 9 heteroatoms. The molecule has 1 aromatic carbocycles. The third-order valence-corrected chi connectivity index (χ3v) is 8.54. The lowest BCUT2D eigenvalue weighted by atomic mass is 9.73. The third-order valence-electron chi connectivity index (χ3n) is 8.54. The van der Waals surface area contributed by atoms with Crippen LogP contribution in [0.25, 0.3) is 0 Å². The van der Waals surface area contributed by atoms with Gasteiger partial charge in [0.2, 0.25) is 5.91 Å². The van der Waals surface area contributed by atoms with Crippen molar-refractivity contribution in [3.8, 4) is 5.75 Å². The lowest BCUT2D eigenvalue weighted by molar-refractivity contribution is -0.162. The number of likely N-dealkylation sites (tertiary alicyclic amines) is 1. The largest absolute Gasteiger partial charge is 0.497 e. The predicted octanol–water partition coefficient (Wildman–Crippen LogP) is 2.48. The molecule has 0 saturated carbocycles. The molecule has 1 aromatic rings. The second-order valence-electron chi connectivity index (χ2n) is 10.8. The highest BCUT2D eigenvalue weighted by Gasteiger charge is 2.76. The highest BCUT2D eigenvalue weighted by molar-refractivity contribution is 6.05. The van der Waals surface area contributed by atoms with Crippen molar-refractivity contribution in [3.05, 3.63) is 48.6 Å². The third kappa shape index (κ3) is 3.78. The van der Waals surface area contributed by atoms with Crippen LogP contribution >= 0.6 is 0 Å². The number of cyclic esters (lactones) is 1. The van der Waals surface area contributed by atoms with Crippen molar-refractivity contribution in [3.63, 3.8) is 0 Å². The fraction of sp³-hybridized carbons (Fsp3) is 0.552. The summed E-state index contributed by atoms with van der Waals surface area (Å²) in [4.78, 5) is 45.5. The van der Waals surface area contributed by atoms with Gasteiger partial charge in [-0.15, -0.1) is 0 Å². The van der Waals surface area contributed by atoms with E-state index in [4.69, 9.17) is 14.2 Å². The van der Waals surface area contributed by atoms with E-state index in [9.17, 15) is 19.5 Å². The van der Waals surface area contributed by atoms with Gasteiger partial charge in [0.05, 0.1) is 32.3 Å². The number of methoxy groups -OCH3 is 1. The Bertz CT molecular complexity index is 1160. The van der Waals surface area contributed by atoms with Crippen LogP contribution in [0.4, 0.5) is 5.69 Å². The summed E-state index contributed by atoms with van der Waals surface area (Å²) in [7, 11) is 1.58. The maximum Gasteiger partial charge on any atom is 0.313 e. The molecular formula is C29H36N2O7. The minimum atomic E-state index is -1.40. The summed E-state index contributed by atoms with van der Waals surface area (Å²) in [6.45, 7) is 5.87. The number of carbonyl (C=O) groups excluding carboxylic acids is 3. The summed E-state index contributed by atoms with van der Waals surface area (Å²) < 4.78 is 17.7. The fourth-order valence-electron chi connectivity index (χ4n) is 6.64. The maximum absolute atomic E-state index is 14.5. The van der Waals surface area contributed by atoms with E-state index in [1.165, 1.54) is 4.90 Å². The van der Waals surface area contributed by atoms with Crippen molar-refractivity contribution in [2.45, 2.75) is 56.9 Å². The topological polar surface area (TPSA) is 106 Å². The van der Waals surface area contributed by atoms with Crippen LogP contribution in [0, 0.1) is 17.8 Å². The molecular weight excluding hydrogens is 488 g/mol. The van der Waals surface area contributed by atoms with Crippen LogP contribution in [0.15, 0.2) is 48.6 Å². The average molecular weight is 525 g/mol. The molecule has 1 N–H and O–H groups in total. The van der Waals surface area contributed by atoms with Crippen molar-refractivity contribution >= 4 is 23.5 Å². The van der Waals surface area contributed by atoms with Crippen LogP contribution in [-0.2, 0) is 23.9 Å². The zero-order chi connectivity index (χ0) is 27.2. The second-order valence-corrected chi connectivity index (χ2v) is 10.8. The first-order chi connectivity index (χ1) is 18.2. The first-order valence-electron chi connectivity index (χ1n) is 13.3. The monoisotopic (exact) mass is 524 g/mol. The summed E-state index contributed by atoms with van der Waals surface area (Å²) in [5.74, 6) is -2.56. The Morgan fingerprint density at radius 1 is 1.08 bits per heavy atom. The normalized spacial score (nSPS) is 33.3. The molecule has 0 aromatic heterocycles. The molecule has 4 aliphatic rings. The highest BCUT2D eigenvalue weighted by atomic mass is 16.6. The zero-order valence-electron chi connectivity index (χ0n) is 22.3. The Labute approximate surface area is 223 Å². The molecule has 1 unspecified atom stereocenters. The fourth-order valence-corrected chi connectivity index (χ4v) is 6.64. The predicted molar refractivity (Wildman–Crippen MR) is 139 cm³/mol. The summed E-state index contributed by atoms with van der Waals surface area (Å²) >= 11 is 0. The molecule has 0 bridgehead atoms. The van der Waals surface area contributed by atoms with Crippen molar-refractivity contribution in [1.29, 1.82) is 0 Å². The van der Waals surface area contributed by atoms with Crippen LogP contribution in [0.1, 0.15) is 33.6 Å². The van der Waals surface area contributed by atoms with Crippen molar-refractivity contribution < 1.29 is 33.7 Å². The quantitative estimate of drug-likeness (QED) is 0.450. The lowest BCUT2D eigenvalue weighted by Crippen LogP contribution is -2.60. The Balaban J connectivity index is 1.69. The van der Waals surface area contributed by atoms with Gasteiger partial charge >= 0.3 is 5.97 Å². The van der Waals surface area contributed by atoms with E-state index < -0.39 is 41.1 Å². The molecule has 2 fully saturated rings. The average Bonchev–Trinajstić information content (AvgIpc) is 3.25. The van der Waals surface area contributed by atoms with E-state index in [1.807, 2.05) is 39.0 Å². The van der Waals surface area contributed by atoms with E-state index in [1.54, 1.807) is 42.4 Å². The van der Waals surface area contributed by atoms with Crippen molar-refractivity contribution in [2.75, 3.05) is 31.8 Å². The Morgan fingerprint density at radius 3 is 2.45 bits per heavy atom. The SMILES string of the molecule is CC[C@]12C=CCCOC(=O)[C@H]1[C@H]1C(=O)N([C@@H](CO)C(C)C)C3C(=O)N(c4ccc(OC)cc4)CC=C[C@@]31O2. The first kappa shape index (κ1) is 26.4. The molecule has 9 nitrogen and oxygen atoms in total. The van der Waals surface area contributed by atoms with E-state index in [-0.39, 0.29) is 37.5 Å². The molecule has 2 amide bonds. The van der Waals surface area contributed by atoms with Crippen molar-refractivity contribution in [2.24, 2.45) is 17.8 Å². The van der Waals surface area contributed by atoms with Gasteiger partial charge in [-0.1, -0.05) is 45.1 Å². The number of nitrogens with zero attached hydrogens (tertiary/aromatic N) is 2. The molecule has 5 rings (SSSR count). The number of anilines is 1. The molecule has 4 aliphatic heterocycles. The van der Waals surface area contributed by atoms with E-state index >= 15 is 0 Å². The van der Waals surface area contributed by atoms with E-state index in [0.29, 0.717) is 24.3 Å². The summed E-state index contributed by atoms with van der Waals surface area (Å²) in [6.07, 6.45) is 8.43. The van der Waals surface area contributed by atoms with Crippen LogP contribution in [-0.4, -0.2) is 77.9 Å². The number of ether oxygens (including phenoxy) is 3. The van der Waals surface area contributed by atoms with Gasteiger partial charge in [-0.3, -0.25) is 14.4 Å². The number of hydrogen-bond donors (Lipinski definition) is 1. The van der Waals surface area contributed by atoms with Gasteiger partial charge in [0.15, 0.2) is 0 Å². The number of aliphatic hydroxyl groups excluding tert-OH is 1. The van der Waals surface area contributed by atoms with Gasteiger partial charge in [-0.25, -0.2) is 0 Å². The van der Waals surface area contributed by atoms with Gasteiger partial charge in [0, 0.05) is 12.2 Å². The number of esters is 1. The van der Waals surface area contributed by atoms with Crippen LogP contribution in [0.2, 0.25) is 0 Å². The van der Waals surface area contributed by atoms with E-state index in [0.717, 1.165) is 0 Å². The highest BCUT2D eigenvalue weighted by Crippen LogP contribution is 2.59. The molecule has 4 heterocycles.